The van der Waals surface area contributed by atoms with Crippen molar-refractivity contribution < 1.29 is 19.4 Å². The lowest BCUT2D eigenvalue weighted by Crippen LogP contribution is -2.42. The number of aromatic nitrogens is 2. The normalized spacial score (nSPS) is 20.7. The van der Waals surface area contributed by atoms with E-state index in [1.54, 1.807) is 7.05 Å². The summed E-state index contributed by atoms with van der Waals surface area (Å²) in [6, 6.07) is 0.312. The first-order valence-electron chi connectivity index (χ1n) is 12.6. The van der Waals surface area contributed by atoms with Gasteiger partial charge in [-0.3, -0.25) is 14.5 Å². The van der Waals surface area contributed by atoms with Crippen LogP contribution in [0, 0.1) is 11.8 Å². The minimum atomic E-state index is -0.684. The number of piperidine rings is 1. The lowest BCUT2D eigenvalue weighted by atomic mass is 9.93. The number of nitrogens with zero attached hydrogens (tertiary/aromatic N) is 4. The molecule has 1 fully saturated rings. The van der Waals surface area contributed by atoms with Crippen LogP contribution in [0.15, 0.2) is 23.8 Å². The molecule has 1 amide bonds. The zero-order chi connectivity index (χ0) is 24.8. The van der Waals surface area contributed by atoms with Gasteiger partial charge in [0, 0.05) is 20.1 Å². The number of hydrogen-bond acceptors (Lipinski definition) is 8. The highest BCUT2D eigenvalue weighted by atomic mass is 16.5. The van der Waals surface area contributed by atoms with Gasteiger partial charge in [0.1, 0.15) is 5.69 Å². The van der Waals surface area contributed by atoms with Crippen LogP contribution in [0.1, 0.15) is 39.0 Å². The Morgan fingerprint density at radius 3 is 2.83 bits per heavy atom. The molecule has 0 bridgehead atoms. The van der Waals surface area contributed by atoms with Gasteiger partial charge in [-0.05, 0) is 50.3 Å². The molecule has 1 atom stereocenters. The number of nitrogens with one attached hydrogen (secondary N) is 2. The highest BCUT2D eigenvalue weighted by Crippen LogP contribution is 2.36. The van der Waals surface area contributed by atoms with Gasteiger partial charge in [-0.25, -0.2) is 0 Å². The predicted molar refractivity (Wildman–Crippen MR) is 135 cm³/mol. The van der Waals surface area contributed by atoms with Gasteiger partial charge in [0.25, 0.3) is 0 Å². The van der Waals surface area contributed by atoms with Crippen LogP contribution in [0.2, 0.25) is 0 Å². The van der Waals surface area contributed by atoms with E-state index in [9.17, 15) is 14.7 Å². The number of amides is 1. The molecule has 0 saturated carbocycles. The third kappa shape index (κ3) is 6.30. The number of likely N-dealkylation sites (tertiary alicyclic amines) is 1. The van der Waals surface area contributed by atoms with Crippen LogP contribution < -0.4 is 20.3 Å². The summed E-state index contributed by atoms with van der Waals surface area (Å²) >= 11 is 0. The maximum absolute atomic E-state index is 12.5. The Kier molecular flexibility index (Phi) is 8.22. The molecule has 1 aromatic heterocycles. The van der Waals surface area contributed by atoms with E-state index in [4.69, 9.17) is 4.74 Å². The van der Waals surface area contributed by atoms with Crippen molar-refractivity contribution in [2.24, 2.45) is 11.8 Å². The second-order valence-electron chi connectivity index (χ2n) is 9.46. The zero-order valence-corrected chi connectivity index (χ0v) is 20.6. The lowest BCUT2D eigenvalue weighted by Gasteiger charge is -2.34. The van der Waals surface area contributed by atoms with E-state index < -0.39 is 5.97 Å². The number of hydrogen-bond donors (Lipinski definition) is 3. The third-order valence-electron chi connectivity index (χ3n) is 6.75. The van der Waals surface area contributed by atoms with Crippen molar-refractivity contribution in [2.75, 3.05) is 61.9 Å². The molecule has 0 spiro atoms. The third-order valence-corrected chi connectivity index (χ3v) is 6.75. The minimum Gasteiger partial charge on any atom is -0.481 e. The van der Waals surface area contributed by atoms with Crippen molar-refractivity contribution in [1.82, 2.24) is 14.9 Å². The molecule has 190 valence electrons. The lowest BCUT2D eigenvalue weighted by molar-refractivity contribution is -0.143. The van der Waals surface area contributed by atoms with E-state index in [-0.39, 0.29) is 24.3 Å². The number of ether oxygens (including phenoxy) is 1. The molecule has 3 heterocycles. The summed E-state index contributed by atoms with van der Waals surface area (Å²) in [5.74, 6) is 0.466. The molecule has 1 unspecified atom stereocenters. The number of carboxylic acids is 1. The summed E-state index contributed by atoms with van der Waals surface area (Å²) in [6.45, 7) is 5.96. The van der Waals surface area contributed by atoms with Gasteiger partial charge in [-0.1, -0.05) is 31.6 Å². The van der Waals surface area contributed by atoms with Gasteiger partial charge in [0.15, 0.2) is 11.6 Å². The number of allylic oxidation sites excluding steroid dienone is 1. The van der Waals surface area contributed by atoms with Crippen molar-refractivity contribution in [1.29, 1.82) is 0 Å². The standard InChI is InChI=1S/C25H36N6O4/c1-3-4-12-35-25-28-22(26-2)21-23(29-25)31(16-20(32)27-21)15-18-7-5-6-17(13-18)14-30-10-8-19(9-11-30)24(33)34/h5-6,13,18-19H,3-4,7-12,14-16H2,1-2H3,(H,27,32)(H,33,34)(H,26,28,29). The van der Waals surface area contributed by atoms with Crippen molar-refractivity contribution in [3.05, 3.63) is 23.8 Å². The Balaban J connectivity index is 1.45. The van der Waals surface area contributed by atoms with Gasteiger partial charge < -0.3 is 25.4 Å². The maximum Gasteiger partial charge on any atom is 0.320 e. The molecule has 10 nitrogen and oxygen atoms in total. The average molecular weight is 485 g/mol. The fourth-order valence-corrected chi connectivity index (χ4v) is 4.84. The molecule has 1 saturated heterocycles. The molecule has 10 heteroatoms. The Bertz CT molecular complexity index is 986. The number of carbonyl (C=O) groups excluding carboxylic acids is 1. The number of fused-ring (bicyclic) bond motifs is 1. The first kappa shape index (κ1) is 25.0. The number of rotatable bonds is 10. The Morgan fingerprint density at radius 2 is 2.11 bits per heavy atom. The summed E-state index contributed by atoms with van der Waals surface area (Å²) in [5.41, 5.74) is 1.82. The molecular formula is C25H36N6O4. The number of anilines is 3. The second-order valence-corrected chi connectivity index (χ2v) is 9.46. The van der Waals surface area contributed by atoms with Crippen molar-refractivity contribution in [2.45, 2.75) is 39.0 Å². The highest BCUT2D eigenvalue weighted by molar-refractivity contribution is 6.03. The molecular weight excluding hydrogens is 448 g/mol. The van der Waals surface area contributed by atoms with Crippen molar-refractivity contribution in [3.8, 4) is 6.01 Å². The minimum absolute atomic E-state index is 0.0888. The van der Waals surface area contributed by atoms with Gasteiger partial charge in [0.2, 0.25) is 5.91 Å². The second kappa shape index (κ2) is 11.5. The van der Waals surface area contributed by atoms with Crippen LogP contribution in [0.3, 0.4) is 0 Å². The van der Waals surface area contributed by atoms with Crippen LogP contribution in [0.5, 0.6) is 6.01 Å². The fourth-order valence-electron chi connectivity index (χ4n) is 4.84. The van der Waals surface area contributed by atoms with E-state index in [1.165, 1.54) is 5.57 Å². The van der Waals surface area contributed by atoms with Crippen LogP contribution in [0.25, 0.3) is 0 Å². The quantitative estimate of drug-likeness (QED) is 0.431. The van der Waals surface area contributed by atoms with Crippen LogP contribution in [-0.2, 0) is 9.59 Å². The first-order chi connectivity index (χ1) is 17.0. The van der Waals surface area contributed by atoms with Gasteiger partial charge in [-0.15, -0.1) is 0 Å². The predicted octanol–water partition coefficient (Wildman–Crippen LogP) is 2.75. The molecule has 0 radical (unpaired) electrons. The van der Waals surface area contributed by atoms with Gasteiger partial charge in [0.05, 0.1) is 19.1 Å². The summed E-state index contributed by atoms with van der Waals surface area (Å²) < 4.78 is 5.78. The van der Waals surface area contributed by atoms with E-state index in [1.807, 2.05) is 4.90 Å². The topological polar surface area (TPSA) is 120 Å². The SMILES string of the molecule is CCCCOc1nc(NC)c2c(n1)N(CC1C=C(CN3CCC(C(=O)O)CC3)C=CC1)CC(=O)N2. The summed E-state index contributed by atoms with van der Waals surface area (Å²) in [5, 5.41) is 15.2. The Labute approximate surface area is 206 Å². The number of carbonyl (C=O) groups is 2. The Morgan fingerprint density at radius 1 is 1.31 bits per heavy atom. The molecule has 35 heavy (non-hydrogen) atoms. The number of aliphatic carboxylic acids is 1. The average Bonchev–Trinajstić information content (AvgIpc) is 2.84. The number of carboxylic acid groups (broad SMARTS) is 1. The largest absolute Gasteiger partial charge is 0.481 e. The zero-order valence-electron chi connectivity index (χ0n) is 20.6. The maximum atomic E-state index is 12.5. The summed E-state index contributed by atoms with van der Waals surface area (Å²) in [7, 11) is 1.77. The highest BCUT2D eigenvalue weighted by Gasteiger charge is 2.30. The molecule has 4 rings (SSSR count). The van der Waals surface area contributed by atoms with E-state index in [0.29, 0.717) is 49.3 Å². The molecule has 1 aliphatic carbocycles. The van der Waals surface area contributed by atoms with E-state index in [0.717, 1.165) is 38.9 Å². The van der Waals surface area contributed by atoms with E-state index >= 15 is 0 Å². The molecule has 2 aliphatic heterocycles. The molecule has 3 aliphatic rings. The molecule has 0 aromatic carbocycles. The molecule has 3 N–H and O–H groups in total. The van der Waals surface area contributed by atoms with E-state index in [2.05, 4.69) is 50.7 Å². The van der Waals surface area contributed by atoms with Crippen LogP contribution in [0.4, 0.5) is 17.3 Å². The van der Waals surface area contributed by atoms with Gasteiger partial charge >= 0.3 is 12.0 Å². The summed E-state index contributed by atoms with van der Waals surface area (Å²) in [4.78, 5) is 37.2. The number of unbranched alkanes of at least 4 members (excludes halogenated alkanes) is 1. The fraction of sp³-hybridized carbons (Fsp3) is 0.600. The van der Waals surface area contributed by atoms with Crippen LogP contribution >= 0.6 is 0 Å². The smallest absolute Gasteiger partial charge is 0.320 e. The van der Waals surface area contributed by atoms with Crippen LogP contribution in [-0.4, -0.2) is 78.2 Å². The van der Waals surface area contributed by atoms with Crippen molar-refractivity contribution in [3.63, 3.8) is 0 Å². The molecule has 1 aromatic rings. The summed E-state index contributed by atoms with van der Waals surface area (Å²) in [6.07, 6.45) is 10.9. The monoisotopic (exact) mass is 484 g/mol. The van der Waals surface area contributed by atoms with Gasteiger partial charge in [-0.2, -0.15) is 9.97 Å². The Hall–Kier alpha value is -3.14. The van der Waals surface area contributed by atoms with Crippen molar-refractivity contribution >= 4 is 29.2 Å². The first-order valence-corrected chi connectivity index (χ1v) is 12.6.